The standard InChI is InChI=1S/C17H16ClFN2O/c1-2-14-10-20-12-21(14)11-17(22,16(18)7-8-16)9-13-5-3-4-6-15(13)19/h1,3-6,10,12,22H,7-9,11H2/t17-/m1/s1. The summed E-state index contributed by atoms with van der Waals surface area (Å²) in [5.41, 5.74) is -0.282. The van der Waals surface area contributed by atoms with Crippen LogP contribution in [0.5, 0.6) is 0 Å². The van der Waals surface area contributed by atoms with Crippen LogP contribution in [0, 0.1) is 18.2 Å². The van der Waals surface area contributed by atoms with Gasteiger partial charge in [0, 0.05) is 6.42 Å². The Labute approximate surface area is 133 Å². The first-order valence-corrected chi connectivity index (χ1v) is 7.47. The van der Waals surface area contributed by atoms with Crippen molar-refractivity contribution in [3.63, 3.8) is 0 Å². The van der Waals surface area contributed by atoms with Crippen LogP contribution in [0.2, 0.25) is 0 Å². The minimum absolute atomic E-state index is 0.130. The number of nitrogens with zero attached hydrogens (tertiary/aromatic N) is 2. The first-order valence-electron chi connectivity index (χ1n) is 7.09. The number of halogens is 2. The lowest BCUT2D eigenvalue weighted by atomic mass is 9.88. The van der Waals surface area contributed by atoms with E-state index in [2.05, 4.69) is 10.9 Å². The molecule has 1 aliphatic carbocycles. The van der Waals surface area contributed by atoms with Crippen molar-refractivity contribution in [2.75, 3.05) is 0 Å². The van der Waals surface area contributed by atoms with Gasteiger partial charge in [0.15, 0.2) is 0 Å². The van der Waals surface area contributed by atoms with E-state index >= 15 is 0 Å². The van der Waals surface area contributed by atoms with Gasteiger partial charge < -0.3 is 9.67 Å². The Balaban J connectivity index is 1.93. The van der Waals surface area contributed by atoms with Crippen molar-refractivity contribution in [2.24, 2.45) is 0 Å². The molecule has 0 spiro atoms. The molecule has 1 atom stereocenters. The highest BCUT2D eigenvalue weighted by molar-refractivity contribution is 6.26. The highest BCUT2D eigenvalue weighted by Gasteiger charge is 2.58. The summed E-state index contributed by atoms with van der Waals surface area (Å²) in [6.07, 6.45) is 10.1. The van der Waals surface area contributed by atoms with Crippen molar-refractivity contribution in [2.45, 2.75) is 36.3 Å². The average Bonchev–Trinajstić information content (AvgIpc) is 3.10. The molecule has 0 amide bonds. The molecule has 2 aromatic rings. The number of benzene rings is 1. The number of hydrogen-bond acceptors (Lipinski definition) is 2. The first-order chi connectivity index (χ1) is 10.5. The highest BCUT2D eigenvalue weighted by atomic mass is 35.5. The molecule has 1 aliphatic rings. The molecule has 0 unspecified atom stereocenters. The number of imidazole rings is 1. The van der Waals surface area contributed by atoms with Crippen molar-refractivity contribution in [3.05, 3.63) is 53.9 Å². The summed E-state index contributed by atoms with van der Waals surface area (Å²) in [5.74, 6) is 2.17. The monoisotopic (exact) mass is 318 g/mol. The van der Waals surface area contributed by atoms with E-state index in [4.69, 9.17) is 18.0 Å². The van der Waals surface area contributed by atoms with Crippen LogP contribution < -0.4 is 0 Å². The van der Waals surface area contributed by atoms with E-state index in [9.17, 15) is 9.50 Å². The summed E-state index contributed by atoms with van der Waals surface area (Å²) < 4.78 is 15.6. The average molecular weight is 319 g/mol. The van der Waals surface area contributed by atoms with Gasteiger partial charge in [0.1, 0.15) is 17.1 Å². The van der Waals surface area contributed by atoms with E-state index in [1.54, 1.807) is 35.3 Å². The molecule has 1 saturated carbocycles. The summed E-state index contributed by atoms with van der Waals surface area (Å²) in [7, 11) is 0. The van der Waals surface area contributed by atoms with Gasteiger partial charge in [-0.1, -0.05) is 24.1 Å². The molecular weight excluding hydrogens is 303 g/mol. The smallest absolute Gasteiger partial charge is 0.126 e. The normalized spacial score (nSPS) is 18.5. The van der Waals surface area contributed by atoms with Gasteiger partial charge in [-0.15, -0.1) is 18.0 Å². The molecule has 0 bridgehead atoms. The molecule has 114 valence electrons. The van der Waals surface area contributed by atoms with Crippen LogP contribution in [0.15, 0.2) is 36.8 Å². The van der Waals surface area contributed by atoms with Crippen LogP contribution in [0.25, 0.3) is 0 Å². The number of rotatable bonds is 5. The number of hydrogen-bond donors (Lipinski definition) is 1. The molecule has 3 rings (SSSR count). The minimum Gasteiger partial charge on any atom is -0.386 e. The zero-order chi connectivity index (χ0) is 15.8. The molecule has 22 heavy (non-hydrogen) atoms. The van der Waals surface area contributed by atoms with Crippen molar-refractivity contribution >= 4 is 11.6 Å². The molecule has 0 aliphatic heterocycles. The Morgan fingerprint density at radius 1 is 1.45 bits per heavy atom. The Kier molecular flexibility index (Phi) is 3.72. The van der Waals surface area contributed by atoms with Gasteiger partial charge in [0.2, 0.25) is 0 Å². The molecule has 3 nitrogen and oxygen atoms in total. The van der Waals surface area contributed by atoms with Crippen molar-refractivity contribution in [1.29, 1.82) is 0 Å². The molecular formula is C17H16ClFN2O. The van der Waals surface area contributed by atoms with Gasteiger partial charge in [0.05, 0.1) is 23.9 Å². The van der Waals surface area contributed by atoms with Gasteiger partial charge in [-0.25, -0.2) is 9.37 Å². The number of aromatic nitrogens is 2. The third kappa shape index (κ3) is 2.63. The van der Waals surface area contributed by atoms with Crippen molar-refractivity contribution in [3.8, 4) is 12.3 Å². The lowest BCUT2D eigenvalue weighted by molar-refractivity contribution is 0.00996. The molecule has 1 aromatic carbocycles. The zero-order valence-corrected chi connectivity index (χ0v) is 12.7. The fraction of sp³-hybridized carbons (Fsp3) is 0.353. The number of terminal acetylenes is 1. The number of alkyl halides is 1. The summed E-state index contributed by atoms with van der Waals surface area (Å²) in [5, 5.41) is 11.2. The quantitative estimate of drug-likeness (QED) is 0.680. The number of aliphatic hydroxyl groups is 1. The molecule has 1 fully saturated rings. The molecule has 5 heteroatoms. The van der Waals surface area contributed by atoms with E-state index in [0.29, 0.717) is 24.1 Å². The second-order valence-electron chi connectivity index (χ2n) is 5.82. The molecule has 0 saturated heterocycles. The van der Waals surface area contributed by atoms with E-state index in [1.165, 1.54) is 6.07 Å². The van der Waals surface area contributed by atoms with Gasteiger partial charge in [-0.3, -0.25) is 0 Å². The minimum atomic E-state index is -1.29. The molecule has 1 aromatic heterocycles. The van der Waals surface area contributed by atoms with E-state index in [1.807, 2.05) is 0 Å². The fourth-order valence-corrected chi connectivity index (χ4v) is 2.96. The third-order valence-electron chi connectivity index (χ3n) is 4.26. The van der Waals surface area contributed by atoms with Crippen molar-refractivity contribution in [1.82, 2.24) is 9.55 Å². The Morgan fingerprint density at radius 2 is 2.18 bits per heavy atom. The van der Waals surface area contributed by atoms with E-state index in [0.717, 1.165) is 0 Å². The van der Waals surface area contributed by atoms with Crippen LogP contribution in [0.3, 0.4) is 0 Å². The van der Waals surface area contributed by atoms with Gasteiger partial charge in [0.25, 0.3) is 0 Å². The molecule has 1 N–H and O–H groups in total. The van der Waals surface area contributed by atoms with Crippen LogP contribution in [0.4, 0.5) is 4.39 Å². The van der Waals surface area contributed by atoms with Gasteiger partial charge in [-0.2, -0.15) is 0 Å². The summed E-state index contributed by atoms with van der Waals surface area (Å²) in [4.78, 5) is 3.25. The lowest BCUT2D eigenvalue weighted by Crippen LogP contribution is -2.47. The molecule has 0 radical (unpaired) electrons. The van der Waals surface area contributed by atoms with Crippen LogP contribution in [-0.4, -0.2) is 25.1 Å². The van der Waals surface area contributed by atoms with Gasteiger partial charge >= 0.3 is 0 Å². The van der Waals surface area contributed by atoms with Crippen LogP contribution in [-0.2, 0) is 13.0 Å². The lowest BCUT2D eigenvalue weighted by Gasteiger charge is -2.34. The highest BCUT2D eigenvalue weighted by Crippen LogP contribution is 2.53. The Morgan fingerprint density at radius 3 is 2.82 bits per heavy atom. The second kappa shape index (κ2) is 5.42. The third-order valence-corrected chi connectivity index (χ3v) is 4.99. The predicted molar refractivity (Wildman–Crippen MR) is 83.0 cm³/mol. The van der Waals surface area contributed by atoms with Crippen LogP contribution in [0.1, 0.15) is 24.1 Å². The summed E-state index contributed by atoms with van der Waals surface area (Å²) >= 11 is 6.51. The Bertz CT molecular complexity index is 726. The predicted octanol–water partition coefficient (Wildman–Crippen LogP) is 2.75. The first kappa shape index (κ1) is 15.1. The van der Waals surface area contributed by atoms with E-state index < -0.39 is 10.5 Å². The maximum atomic E-state index is 13.9. The zero-order valence-electron chi connectivity index (χ0n) is 12.0. The van der Waals surface area contributed by atoms with Gasteiger partial charge in [-0.05, 0) is 24.5 Å². The SMILES string of the molecule is C#Cc1cncn1C[C@](O)(Cc1ccccc1F)C1(Cl)CC1. The fourth-order valence-electron chi connectivity index (χ4n) is 2.74. The topological polar surface area (TPSA) is 38.0 Å². The van der Waals surface area contributed by atoms with Crippen molar-refractivity contribution < 1.29 is 9.50 Å². The largest absolute Gasteiger partial charge is 0.386 e. The Hall–Kier alpha value is -1.83. The van der Waals surface area contributed by atoms with E-state index in [-0.39, 0.29) is 18.8 Å². The molecule has 1 heterocycles. The van der Waals surface area contributed by atoms with Crippen LogP contribution >= 0.6 is 11.6 Å². The second-order valence-corrected chi connectivity index (χ2v) is 6.54. The maximum absolute atomic E-state index is 13.9. The summed E-state index contributed by atoms with van der Waals surface area (Å²) in [6, 6.07) is 6.42. The summed E-state index contributed by atoms with van der Waals surface area (Å²) in [6.45, 7) is 0.185. The maximum Gasteiger partial charge on any atom is 0.126 e.